The lowest BCUT2D eigenvalue weighted by molar-refractivity contribution is -0.139. The van der Waals surface area contributed by atoms with E-state index < -0.39 is 12.0 Å². The van der Waals surface area contributed by atoms with Gasteiger partial charge in [0.25, 0.3) is 5.91 Å². The van der Waals surface area contributed by atoms with Crippen LogP contribution in [0.3, 0.4) is 0 Å². The van der Waals surface area contributed by atoms with Crippen LogP contribution in [0.1, 0.15) is 16.8 Å². The van der Waals surface area contributed by atoms with Gasteiger partial charge < -0.3 is 14.7 Å². The highest BCUT2D eigenvalue weighted by Gasteiger charge is 2.29. The molecule has 110 valence electrons. The van der Waals surface area contributed by atoms with Gasteiger partial charge in [-0.1, -0.05) is 0 Å². The second kappa shape index (κ2) is 5.83. The van der Waals surface area contributed by atoms with Gasteiger partial charge in [-0.25, -0.2) is 0 Å². The number of hydrogen-bond acceptors (Lipinski definition) is 4. The Labute approximate surface area is 125 Å². The van der Waals surface area contributed by atoms with Crippen molar-refractivity contribution >= 4 is 33.3 Å². The molecule has 1 N–H and O–H groups in total. The van der Waals surface area contributed by atoms with E-state index in [1.165, 1.54) is 0 Å². The van der Waals surface area contributed by atoms with Crippen molar-refractivity contribution in [1.29, 1.82) is 0 Å². The van der Waals surface area contributed by atoms with Crippen molar-refractivity contribution in [3.8, 4) is 0 Å². The molecule has 1 aromatic carbocycles. The van der Waals surface area contributed by atoms with Crippen molar-refractivity contribution < 1.29 is 19.4 Å². The molecule has 21 heavy (non-hydrogen) atoms. The third kappa shape index (κ3) is 2.91. The third-order valence-electron chi connectivity index (χ3n) is 3.60. The maximum atomic E-state index is 12.6. The number of benzene rings is 1. The summed E-state index contributed by atoms with van der Waals surface area (Å²) in [5.74, 6) is -1.05. The average Bonchev–Trinajstić information content (AvgIpc) is 2.94. The number of rotatable bonds is 3. The van der Waals surface area contributed by atoms with Crippen LogP contribution in [0.15, 0.2) is 29.6 Å². The minimum Gasteiger partial charge on any atom is -0.481 e. The molecule has 1 amide bonds. The Morgan fingerprint density at radius 3 is 3.05 bits per heavy atom. The van der Waals surface area contributed by atoms with Crippen molar-refractivity contribution in [3.63, 3.8) is 0 Å². The van der Waals surface area contributed by atoms with Crippen LogP contribution in [0.2, 0.25) is 0 Å². The first kappa shape index (κ1) is 14.0. The van der Waals surface area contributed by atoms with Crippen LogP contribution in [0.4, 0.5) is 0 Å². The number of carbonyl (C=O) groups excluding carboxylic acids is 1. The molecule has 0 spiro atoms. The van der Waals surface area contributed by atoms with Gasteiger partial charge >= 0.3 is 5.97 Å². The van der Waals surface area contributed by atoms with Crippen molar-refractivity contribution in [2.75, 3.05) is 19.8 Å². The van der Waals surface area contributed by atoms with Gasteiger partial charge in [0.05, 0.1) is 25.7 Å². The molecule has 5 nitrogen and oxygen atoms in total. The highest BCUT2D eigenvalue weighted by Crippen LogP contribution is 2.23. The van der Waals surface area contributed by atoms with Gasteiger partial charge in [0.15, 0.2) is 0 Å². The summed E-state index contributed by atoms with van der Waals surface area (Å²) in [7, 11) is 0. The highest BCUT2D eigenvalue weighted by atomic mass is 32.1. The molecule has 0 bridgehead atoms. The largest absolute Gasteiger partial charge is 0.481 e. The molecule has 1 aliphatic rings. The zero-order valence-corrected chi connectivity index (χ0v) is 12.1. The second-order valence-electron chi connectivity index (χ2n) is 5.00. The number of morpholine rings is 1. The molecule has 0 unspecified atom stereocenters. The normalized spacial score (nSPS) is 18.9. The molecule has 1 aliphatic heterocycles. The van der Waals surface area contributed by atoms with E-state index in [0.717, 1.165) is 10.1 Å². The van der Waals surface area contributed by atoms with Crippen molar-refractivity contribution in [2.24, 2.45) is 0 Å². The molecule has 0 aliphatic carbocycles. The number of carbonyl (C=O) groups is 2. The maximum absolute atomic E-state index is 12.6. The van der Waals surface area contributed by atoms with Crippen LogP contribution in [-0.2, 0) is 9.53 Å². The average molecular weight is 305 g/mol. The topological polar surface area (TPSA) is 66.8 Å². The summed E-state index contributed by atoms with van der Waals surface area (Å²) in [5.41, 5.74) is 0.596. The number of nitrogens with zero attached hydrogens (tertiary/aromatic N) is 1. The van der Waals surface area contributed by atoms with Crippen LogP contribution in [-0.4, -0.2) is 47.7 Å². The quantitative estimate of drug-likeness (QED) is 0.944. The molecule has 1 aromatic heterocycles. The fourth-order valence-electron chi connectivity index (χ4n) is 2.56. The van der Waals surface area contributed by atoms with Gasteiger partial charge in [0, 0.05) is 16.8 Å². The number of carboxylic acid groups (broad SMARTS) is 1. The first-order valence-corrected chi connectivity index (χ1v) is 7.61. The number of carboxylic acids is 1. The van der Waals surface area contributed by atoms with Crippen LogP contribution < -0.4 is 0 Å². The number of ether oxygens (including phenoxy) is 1. The minimum atomic E-state index is -0.920. The van der Waals surface area contributed by atoms with E-state index in [2.05, 4.69) is 0 Å². The fourth-order valence-corrected chi connectivity index (χ4v) is 3.33. The third-order valence-corrected chi connectivity index (χ3v) is 4.50. The lowest BCUT2D eigenvalue weighted by atomic mass is 10.1. The van der Waals surface area contributed by atoms with Gasteiger partial charge in [-0.2, -0.15) is 0 Å². The predicted molar refractivity (Wildman–Crippen MR) is 79.7 cm³/mol. The van der Waals surface area contributed by atoms with Crippen LogP contribution in [0.25, 0.3) is 10.1 Å². The number of aliphatic carboxylic acids is 1. The summed E-state index contributed by atoms with van der Waals surface area (Å²) in [6.07, 6.45) is -0.0908. The van der Waals surface area contributed by atoms with Crippen molar-refractivity contribution in [1.82, 2.24) is 4.90 Å². The first-order chi connectivity index (χ1) is 10.1. The predicted octanol–water partition coefficient (Wildman–Crippen LogP) is 2.22. The Balaban J connectivity index is 1.85. The molecular weight excluding hydrogens is 290 g/mol. The molecule has 1 fully saturated rings. The molecule has 2 aromatic rings. The summed E-state index contributed by atoms with van der Waals surface area (Å²) in [5, 5.41) is 12.0. The second-order valence-corrected chi connectivity index (χ2v) is 5.95. The molecule has 6 heteroatoms. The smallest absolute Gasteiger partial charge is 0.305 e. The Kier molecular flexibility index (Phi) is 3.90. The van der Waals surface area contributed by atoms with Crippen molar-refractivity contribution in [3.05, 3.63) is 35.2 Å². The SMILES string of the molecule is O=C(O)C[C@H]1COCCN1C(=O)c1ccc2sccc2c1. The Hall–Kier alpha value is -1.92. The van der Waals surface area contributed by atoms with Crippen molar-refractivity contribution in [2.45, 2.75) is 12.5 Å². The van der Waals surface area contributed by atoms with Crippen LogP contribution in [0, 0.1) is 0 Å². The van der Waals surface area contributed by atoms with E-state index in [1.807, 2.05) is 23.6 Å². The minimum absolute atomic E-state index is 0.0908. The highest BCUT2D eigenvalue weighted by molar-refractivity contribution is 7.17. The summed E-state index contributed by atoms with van der Waals surface area (Å²) < 4.78 is 6.44. The fraction of sp³-hybridized carbons (Fsp3) is 0.333. The molecule has 0 saturated carbocycles. The van der Waals surface area contributed by atoms with E-state index in [0.29, 0.717) is 18.7 Å². The van der Waals surface area contributed by atoms with E-state index in [-0.39, 0.29) is 18.9 Å². The van der Waals surface area contributed by atoms with E-state index >= 15 is 0 Å². The van der Waals surface area contributed by atoms with Gasteiger partial charge in [-0.3, -0.25) is 9.59 Å². The molecule has 0 radical (unpaired) electrons. The maximum Gasteiger partial charge on any atom is 0.305 e. The zero-order chi connectivity index (χ0) is 14.8. The lowest BCUT2D eigenvalue weighted by Crippen LogP contribution is -2.49. The molecular formula is C15H15NO4S. The monoisotopic (exact) mass is 305 g/mol. The number of fused-ring (bicyclic) bond motifs is 1. The summed E-state index contributed by atoms with van der Waals surface area (Å²) >= 11 is 1.63. The van der Waals surface area contributed by atoms with E-state index in [1.54, 1.807) is 22.3 Å². The van der Waals surface area contributed by atoms with Gasteiger partial charge in [-0.05, 0) is 35.0 Å². The summed E-state index contributed by atoms with van der Waals surface area (Å²) in [6.45, 7) is 1.15. The van der Waals surface area contributed by atoms with Gasteiger partial charge in [0.2, 0.25) is 0 Å². The van der Waals surface area contributed by atoms with Gasteiger partial charge in [-0.15, -0.1) is 11.3 Å². The number of amides is 1. The Bertz CT molecular complexity index is 681. The number of hydrogen-bond donors (Lipinski definition) is 1. The Morgan fingerprint density at radius 1 is 1.38 bits per heavy atom. The lowest BCUT2D eigenvalue weighted by Gasteiger charge is -2.34. The Morgan fingerprint density at radius 2 is 2.24 bits per heavy atom. The van der Waals surface area contributed by atoms with Gasteiger partial charge in [0.1, 0.15) is 0 Å². The first-order valence-electron chi connectivity index (χ1n) is 6.73. The molecule has 3 rings (SSSR count). The number of thiophene rings is 1. The molecule has 2 heterocycles. The zero-order valence-electron chi connectivity index (χ0n) is 11.3. The summed E-state index contributed by atoms with van der Waals surface area (Å²) in [4.78, 5) is 25.2. The molecule has 1 atom stereocenters. The van der Waals surface area contributed by atoms with Crippen LogP contribution >= 0.6 is 11.3 Å². The summed E-state index contributed by atoms with van der Waals surface area (Å²) in [6, 6.07) is 7.17. The standard InChI is InChI=1S/C15H15NO4S/c17-14(18)8-12-9-20-5-4-16(12)15(19)11-1-2-13-10(7-11)3-6-21-13/h1-3,6-7,12H,4-5,8-9H2,(H,17,18)/t12-/m0/s1. The van der Waals surface area contributed by atoms with E-state index in [9.17, 15) is 9.59 Å². The van der Waals surface area contributed by atoms with Crippen LogP contribution in [0.5, 0.6) is 0 Å². The van der Waals surface area contributed by atoms with E-state index in [4.69, 9.17) is 9.84 Å². The molecule has 1 saturated heterocycles.